The van der Waals surface area contributed by atoms with Crippen LogP contribution in [0.2, 0.25) is 0 Å². The Labute approximate surface area is 231 Å². The van der Waals surface area contributed by atoms with Crippen molar-refractivity contribution in [3.8, 4) is 11.5 Å². The zero-order chi connectivity index (χ0) is 25.9. The van der Waals surface area contributed by atoms with Crippen LogP contribution < -0.4 is 20.1 Å². The number of ether oxygens (including phenoxy) is 2. The number of hydrogen-bond donors (Lipinski definition) is 2. The zero-order valence-electron chi connectivity index (χ0n) is 20.2. The summed E-state index contributed by atoms with van der Waals surface area (Å²) in [7, 11) is 0. The first kappa shape index (κ1) is 26.4. The average Bonchev–Trinajstić information content (AvgIpc) is 2.91. The fraction of sp³-hybridized carbons (Fsp3) is 0.133. The fourth-order valence-electron chi connectivity index (χ4n) is 3.62. The molecule has 0 fully saturated rings. The van der Waals surface area contributed by atoms with Gasteiger partial charge in [-0.05, 0) is 69.6 Å². The number of rotatable bonds is 10. The van der Waals surface area contributed by atoms with Crippen molar-refractivity contribution in [1.29, 1.82) is 0 Å². The molecule has 0 aliphatic carbocycles. The van der Waals surface area contributed by atoms with Gasteiger partial charge in [0, 0.05) is 30.2 Å². The molecule has 4 rings (SSSR count). The lowest BCUT2D eigenvalue weighted by molar-refractivity contribution is 0.0977. The Morgan fingerprint density at radius 2 is 1.41 bits per heavy atom. The number of anilines is 1. The van der Waals surface area contributed by atoms with Crippen LogP contribution in [0, 0.1) is 0 Å². The molecule has 7 heteroatoms. The number of hydrogen-bond acceptors (Lipinski definition) is 4. The van der Waals surface area contributed by atoms with E-state index in [-0.39, 0.29) is 11.0 Å². The standard InChI is InChI=1S/C30H27BrN2O3S/c31-27-20-24(14-15-28(27)36-19-17-23-10-5-2-6-11-23)29(34)33-30(37)32-25-12-7-13-26(21-25)35-18-16-22-8-3-1-4-9-22/h1-15,20-21H,16-19H2,(H2,32,33,34,37). The number of amides is 1. The molecular weight excluding hydrogens is 548 g/mol. The van der Waals surface area contributed by atoms with Crippen molar-refractivity contribution in [3.05, 3.63) is 124 Å². The van der Waals surface area contributed by atoms with Crippen LogP contribution in [0.5, 0.6) is 11.5 Å². The predicted molar refractivity (Wildman–Crippen MR) is 156 cm³/mol. The minimum atomic E-state index is -0.315. The van der Waals surface area contributed by atoms with E-state index in [4.69, 9.17) is 21.7 Å². The molecule has 0 spiro atoms. The van der Waals surface area contributed by atoms with Gasteiger partial charge in [0.2, 0.25) is 0 Å². The molecule has 4 aromatic carbocycles. The summed E-state index contributed by atoms with van der Waals surface area (Å²) in [5.41, 5.74) is 3.62. The predicted octanol–water partition coefficient (Wildman–Crippen LogP) is 6.82. The highest BCUT2D eigenvalue weighted by Crippen LogP contribution is 2.26. The van der Waals surface area contributed by atoms with Gasteiger partial charge in [-0.2, -0.15) is 0 Å². The van der Waals surface area contributed by atoms with Crippen molar-refractivity contribution in [2.45, 2.75) is 12.8 Å². The molecule has 0 heterocycles. The lowest BCUT2D eigenvalue weighted by Gasteiger charge is -2.13. The summed E-state index contributed by atoms with van der Waals surface area (Å²) in [6.45, 7) is 1.10. The molecule has 2 N–H and O–H groups in total. The van der Waals surface area contributed by atoms with Crippen molar-refractivity contribution >= 4 is 44.9 Å². The van der Waals surface area contributed by atoms with E-state index in [1.807, 2.05) is 60.7 Å². The molecule has 0 atom stereocenters. The highest BCUT2D eigenvalue weighted by molar-refractivity contribution is 9.10. The van der Waals surface area contributed by atoms with Gasteiger partial charge >= 0.3 is 0 Å². The Balaban J connectivity index is 1.25. The Hall–Kier alpha value is -3.68. The summed E-state index contributed by atoms with van der Waals surface area (Å²) >= 11 is 8.85. The normalized spacial score (nSPS) is 10.4. The van der Waals surface area contributed by atoms with Crippen LogP contribution in [-0.4, -0.2) is 24.2 Å². The van der Waals surface area contributed by atoms with E-state index in [0.29, 0.717) is 29.0 Å². The van der Waals surface area contributed by atoms with E-state index in [1.54, 1.807) is 18.2 Å². The molecule has 188 valence electrons. The second kappa shape index (κ2) is 13.6. The maximum atomic E-state index is 12.7. The molecule has 0 aromatic heterocycles. The number of halogens is 1. The number of carbonyl (C=O) groups is 1. The maximum absolute atomic E-state index is 12.7. The molecule has 0 radical (unpaired) electrons. The van der Waals surface area contributed by atoms with Crippen molar-refractivity contribution in [2.75, 3.05) is 18.5 Å². The second-order valence-electron chi connectivity index (χ2n) is 8.25. The Morgan fingerprint density at radius 1 is 0.757 bits per heavy atom. The van der Waals surface area contributed by atoms with E-state index in [2.05, 4.69) is 50.8 Å². The van der Waals surface area contributed by atoms with Crippen molar-refractivity contribution in [1.82, 2.24) is 5.32 Å². The summed E-state index contributed by atoms with van der Waals surface area (Å²) < 4.78 is 12.4. The number of carbonyl (C=O) groups excluding carboxylic acids is 1. The van der Waals surface area contributed by atoms with Gasteiger partial charge in [0.1, 0.15) is 11.5 Å². The third-order valence-electron chi connectivity index (χ3n) is 5.51. The molecule has 1 amide bonds. The number of thiocarbonyl (C=S) groups is 1. The van der Waals surface area contributed by atoms with Crippen molar-refractivity contribution in [2.24, 2.45) is 0 Å². The number of nitrogens with one attached hydrogen (secondary N) is 2. The Morgan fingerprint density at radius 3 is 2.05 bits per heavy atom. The van der Waals surface area contributed by atoms with Crippen molar-refractivity contribution in [3.63, 3.8) is 0 Å². The maximum Gasteiger partial charge on any atom is 0.257 e. The minimum Gasteiger partial charge on any atom is -0.493 e. The van der Waals surface area contributed by atoms with Gasteiger partial charge in [-0.1, -0.05) is 66.7 Å². The molecule has 0 unspecified atom stereocenters. The number of benzene rings is 4. The summed E-state index contributed by atoms with van der Waals surface area (Å²) in [5, 5.41) is 5.96. The second-order valence-corrected chi connectivity index (χ2v) is 9.51. The molecule has 5 nitrogen and oxygen atoms in total. The first-order chi connectivity index (χ1) is 18.1. The summed E-state index contributed by atoms with van der Waals surface area (Å²) in [4.78, 5) is 12.7. The van der Waals surface area contributed by atoms with Crippen LogP contribution in [0.25, 0.3) is 0 Å². The van der Waals surface area contributed by atoms with Crippen LogP contribution in [0.4, 0.5) is 5.69 Å². The van der Waals surface area contributed by atoms with Crippen LogP contribution >= 0.6 is 28.1 Å². The molecule has 0 saturated carbocycles. The zero-order valence-corrected chi connectivity index (χ0v) is 22.6. The topological polar surface area (TPSA) is 59.6 Å². The average molecular weight is 576 g/mol. The first-order valence-electron chi connectivity index (χ1n) is 11.9. The lowest BCUT2D eigenvalue weighted by atomic mass is 10.2. The van der Waals surface area contributed by atoms with Crippen LogP contribution in [-0.2, 0) is 12.8 Å². The van der Waals surface area contributed by atoms with E-state index in [9.17, 15) is 4.79 Å². The van der Waals surface area contributed by atoms with Gasteiger partial charge in [-0.25, -0.2) is 0 Å². The summed E-state index contributed by atoms with van der Waals surface area (Å²) in [6.07, 6.45) is 1.62. The van der Waals surface area contributed by atoms with E-state index >= 15 is 0 Å². The van der Waals surface area contributed by atoms with E-state index in [1.165, 1.54) is 11.1 Å². The molecule has 0 saturated heterocycles. The van der Waals surface area contributed by atoms with Gasteiger partial charge in [-0.15, -0.1) is 0 Å². The van der Waals surface area contributed by atoms with Gasteiger partial charge < -0.3 is 14.8 Å². The van der Waals surface area contributed by atoms with E-state index < -0.39 is 0 Å². The Kier molecular flexibility index (Phi) is 9.68. The highest BCUT2D eigenvalue weighted by Gasteiger charge is 2.11. The third kappa shape index (κ3) is 8.44. The molecule has 4 aromatic rings. The lowest BCUT2D eigenvalue weighted by Crippen LogP contribution is -2.34. The molecule has 0 bridgehead atoms. The first-order valence-corrected chi connectivity index (χ1v) is 13.1. The van der Waals surface area contributed by atoms with Crippen LogP contribution in [0.3, 0.4) is 0 Å². The van der Waals surface area contributed by atoms with Gasteiger partial charge in [0.25, 0.3) is 5.91 Å². The van der Waals surface area contributed by atoms with Gasteiger partial charge in [0.15, 0.2) is 5.11 Å². The fourth-order valence-corrected chi connectivity index (χ4v) is 4.32. The quantitative estimate of drug-likeness (QED) is 0.203. The van der Waals surface area contributed by atoms with Crippen LogP contribution in [0.1, 0.15) is 21.5 Å². The third-order valence-corrected chi connectivity index (χ3v) is 6.33. The smallest absolute Gasteiger partial charge is 0.257 e. The monoisotopic (exact) mass is 574 g/mol. The largest absolute Gasteiger partial charge is 0.493 e. The molecule has 0 aliphatic heterocycles. The molecule has 0 aliphatic rings. The minimum absolute atomic E-state index is 0.200. The SMILES string of the molecule is O=C(NC(=S)Nc1cccc(OCCc2ccccc2)c1)c1ccc(OCCc2ccccc2)c(Br)c1. The summed E-state index contributed by atoms with van der Waals surface area (Å²) in [6, 6.07) is 33.0. The van der Waals surface area contributed by atoms with Gasteiger partial charge in [0.05, 0.1) is 17.7 Å². The molecular formula is C30H27BrN2O3S. The van der Waals surface area contributed by atoms with Gasteiger partial charge in [-0.3, -0.25) is 10.1 Å². The molecule has 37 heavy (non-hydrogen) atoms. The highest BCUT2D eigenvalue weighted by atomic mass is 79.9. The Bertz CT molecular complexity index is 1330. The summed E-state index contributed by atoms with van der Waals surface area (Å²) in [5.74, 6) is 1.09. The van der Waals surface area contributed by atoms with Crippen LogP contribution in [0.15, 0.2) is 108 Å². The van der Waals surface area contributed by atoms with Crippen molar-refractivity contribution < 1.29 is 14.3 Å². The van der Waals surface area contributed by atoms with E-state index in [0.717, 1.165) is 24.3 Å².